The molecule has 0 saturated carbocycles. The molecular formula is C7H8N4O. The maximum atomic E-state index is 5.60. The molecule has 0 saturated heterocycles. The molecule has 5 heteroatoms. The Morgan fingerprint density at radius 3 is 3.17 bits per heavy atom. The van der Waals surface area contributed by atoms with Crippen LogP contribution in [0.5, 0.6) is 0 Å². The first-order valence-corrected chi connectivity index (χ1v) is 3.46. The molecule has 2 N–H and O–H groups in total. The first-order valence-electron chi connectivity index (χ1n) is 3.46. The maximum Gasteiger partial charge on any atom is 0.201 e. The van der Waals surface area contributed by atoms with E-state index in [0.717, 1.165) is 5.39 Å². The highest BCUT2D eigenvalue weighted by Crippen LogP contribution is 2.15. The number of hydrogen-bond acceptors (Lipinski definition) is 4. The van der Waals surface area contributed by atoms with Crippen molar-refractivity contribution in [3.05, 3.63) is 18.3 Å². The van der Waals surface area contributed by atoms with Gasteiger partial charge in [0.25, 0.3) is 0 Å². The normalized spacial score (nSPS) is 10.4. The summed E-state index contributed by atoms with van der Waals surface area (Å²) < 4.78 is 0. The van der Waals surface area contributed by atoms with E-state index in [2.05, 4.69) is 10.1 Å². The Balaban J connectivity index is 2.82. The van der Waals surface area contributed by atoms with Crippen LogP contribution >= 0.6 is 0 Å². The average molecular weight is 164 g/mol. The molecule has 0 amide bonds. The summed E-state index contributed by atoms with van der Waals surface area (Å²) in [5, 5.41) is 4.72. The van der Waals surface area contributed by atoms with E-state index in [1.54, 1.807) is 12.3 Å². The quantitative estimate of drug-likeness (QED) is 0.647. The Hall–Kier alpha value is -1.78. The highest BCUT2D eigenvalue weighted by atomic mass is 16.7. The standard InChI is InChI=1S/C7H8N4O/c1-12-11-7-5(6(8)10-11)3-2-4-9-7/h2-4H,1H3,(H2,8,10). The summed E-state index contributed by atoms with van der Waals surface area (Å²) in [7, 11) is 1.51. The van der Waals surface area contributed by atoms with Gasteiger partial charge < -0.3 is 10.6 Å². The molecular weight excluding hydrogens is 156 g/mol. The Labute approximate surface area is 68.7 Å². The van der Waals surface area contributed by atoms with Crippen molar-refractivity contribution in [1.29, 1.82) is 0 Å². The van der Waals surface area contributed by atoms with E-state index < -0.39 is 0 Å². The Morgan fingerprint density at radius 2 is 2.42 bits per heavy atom. The van der Waals surface area contributed by atoms with Gasteiger partial charge in [-0.1, -0.05) is 4.85 Å². The van der Waals surface area contributed by atoms with E-state index in [4.69, 9.17) is 10.6 Å². The molecule has 12 heavy (non-hydrogen) atoms. The van der Waals surface area contributed by atoms with Crippen LogP contribution in [0.3, 0.4) is 0 Å². The summed E-state index contributed by atoms with van der Waals surface area (Å²) in [5.41, 5.74) is 6.24. The second-order valence-electron chi connectivity index (χ2n) is 2.32. The molecule has 0 unspecified atom stereocenters. The van der Waals surface area contributed by atoms with Gasteiger partial charge in [-0.3, -0.25) is 0 Å². The van der Waals surface area contributed by atoms with E-state index in [9.17, 15) is 0 Å². The molecule has 0 aromatic carbocycles. The number of nitrogen functional groups attached to an aromatic ring is 1. The largest absolute Gasteiger partial charge is 0.398 e. The lowest BCUT2D eigenvalue weighted by molar-refractivity contribution is 0.144. The lowest BCUT2D eigenvalue weighted by Gasteiger charge is -1.95. The van der Waals surface area contributed by atoms with Crippen LogP contribution in [0, 0.1) is 0 Å². The third-order valence-electron chi connectivity index (χ3n) is 1.62. The summed E-state index contributed by atoms with van der Waals surface area (Å²) in [5.74, 6) is 0.431. The summed E-state index contributed by atoms with van der Waals surface area (Å²) >= 11 is 0. The summed E-state index contributed by atoms with van der Waals surface area (Å²) in [6.07, 6.45) is 1.67. The number of nitrogens with two attached hydrogens (primary N) is 1. The first-order chi connectivity index (χ1) is 5.83. The van der Waals surface area contributed by atoms with Gasteiger partial charge in [-0.2, -0.15) is 0 Å². The number of anilines is 1. The number of aromatic nitrogens is 3. The predicted octanol–water partition coefficient (Wildman–Crippen LogP) is 0.0719. The predicted molar refractivity (Wildman–Crippen MR) is 44.4 cm³/mol. The van der Waals surface area contributed by atoms with Crippen LogP contribution < -0.4 is 10.6 Å². The summed E-state index contributed by atoms with van der Waals surface area (Å²) in [6, 6.07) is 3.65. The number of nitrogens with zero attached hydrogens (tertiary/aromatic N) is 3. The molecule has 2 heterocycles. The van der Waals surface area contributed by atoms with Crippen LogP contribution in [0.2, 0.25) is 0 Å². The molecule has 0 aliphatic rings. The first kappa shape index (κ1) is 6.90. The number of rotatable bonds is 1. The van der Waals surface area contributed by atoms with E-state index in [0.29, 0.717) is 11.5 Å². The van der Waals surface area contributed by atoms with E-state index in [1.807, 2.05) is 6.07 Å². The fraction of sp³-hybridized carbons (Fsp3) is 0.143. The van der Waals surface area contributed by atoms with Gasteiger partial charge in [0.15, 0.2) is 5.82 Å². The van der Waals surface area contributed by atoms with E-state index in [1.165, 1.54) is 12.0 Å². The molecule has 2 rings (SSSR count). The van der Waals surface area contributed by atoms with E-state index >= 15 is 0 Å². The van der Waals surface area contributed by atoms with Gasteiger partial charge in [0.1, 0.15) is 7.11 Å². The van der Waals surface area contributed by atoms with Gasteiger partial charge in [0.05, 0.1) is 5.39 Å². The molecule has 5 nitrogen and oxygen atoms in total. The molecule has 2 aromatic heterocycles. The Morgan fingerprint density at radius 1 is 1.58 bits per heavy atom. The van der Waals surface area contributed by atoms with E-state index in [-0.39, 0.29) is 0 Å². The van der Waals surface area contributed by atoms with Crippen molar-refractivity contribution < 1.29 is 4.84 Å². The Kier molecular flexibility index (Phi) is 1.36. The minimum atomic E-state index is 0.431. The molecule has 2 aromatic rings. The molecule has 0 aliphatic carbocycles. The second kappa shape index (κ2) is 2.37. The van der Waals surface area contributed by atoms with Crippen LogP contribution in [0.25, 0.3) is 11.0 Å². The van der Waals surface area contributed by atoms with Crippen molar-refractivity contribution in [2.75, 3.05) is 12.8 Å². The van der Waals surface area contributed by atoms with Crippen molar-refractivity contribution in [2.45, 2.75) is 0 Å². The fourth-order valence-corrected chi connectivity index (χ4v) is 1.08. The van der Waals surface area contributed by atoms with Crippen LogP contribution in [-0.4, -0.2) is 22.0 Å². The number of hydrogen-bond donors (Lipinski definition) is 1. The smallest absolute Gasteiger partial charge is 0.201 e. The fourth-order valence-electron chi connectivity index (χ4n) is 1.08. The lowest BCUT2D eigenvalue weighted by Crippen LogP contribution is -2.08. The summed E-state index contributed by atoms with van der Waals surface area (Å²) in [4.78, 5) is 10.3. The lowest BCUT2D eigenvalue weighted by atomic mass is 10.3. The molecule has 0 bridgehead atoms. The maximum absolute atomic E-state index is 5.60. The highest BCUT2D eigenvalue weighted by Gasteiger charge is 2.07. The zero-order valence-electron chi connectivity index (χ0n) is 6.56. The second-order valence-corrected chi connectivity index (χ2v) is 2.32. The van der Waals surface area contributed by atoms with Crippen molar-refractivity contribution in [3.8, 4) is 0 Å². The van der Waals surface area contributed by atoms with Crippen LogP contribution in [0.4, 0.5) is 5.82 Å². The van der Waals surface area contributed by atoms with Crippen LogP contribution in [0.1, 0.15) is 0 Å². The third-order valence-corrected chi connectivity index (χ3v) is 1.62. The molecule has 0 aliphatic heterocycles. The zero-order valence-corrected chi connectivity index (χ0v) is 6.56. The van der Waals surface area contributed by atoms with Crippen molar-refractivity contribution in [2.24, 2.45) is 0 Å². The molecule has 62 valence electrons. The minimum absolute atomic E-state index is 0.431. The van der Waals surface area contributed by atoms with Gasteiger partial charge in [-0.15, -0.1) is 5.10 Å². The number of pyridine rings is 1. The Bertz CT molecular complexity index is 409. The van der Waals surface area contributed by atoms with Crippen LogP contribution in [-0.2, 0) is 0 Å². The van der Waals surface area contributed by atoms with Crippen LogP contribution in [0.15, 0.2) is 18.3 Å². The summed E-state index contributed by atoms with van der Waals surface area (Å²) in [6.45, 7) is 0. The van der Waals surface area contributed by atoms with Gasteiger partial charge in [-0.25, -0.2) is 4.98 Å². The average Bonchev–Trinajstić information content (AvgIpc) is 2.44. The number of fused-ring (bicyclic) bond motifs is 1. The van der Waals surface area contributed by atoms with Crippen molar-refractivity contribution in [1.82, 2.24) is 14.9 Å². The van der Waals surface area contributed by atoms with Gasteiger partial charge in [0, 0.05) is 6.20 Å². The van der Waals surface area contributed by atoms with Gasteiger partial charge in [-0.05, 0) is 12.1 Å². The topological polar surface area (TPSA) is 66.0 Å². The van der Waals surface area contributed by atoms with Crippen molar-refractivity contribution >= 4 is 16.9 Å². The molecule has 0 fully saturated rings. The molecule has 0 atom stereocenters. The highest BCUT2D eigenvalue weighted by molar-refractivity contribution is 5.85. The zero-order chi connectivity index (χ0) is 8.55. The van der Waals surface area contributed by atoms with Crippen molar-refractivity contribution in [3.63, 3.8) is 0 Å². The third kappa shape index (κ3) is 0.795. The monoisotopic (exact) mass is 164 g/mol. The molecule has 0 radical (unpaired) electrons. The molecule has 0 spiro atoms. The SMILES string of the molecule is COn1nc(N)c2cccnc21. The minimum Gasteiger partial charge on any atom is -0.398 e. The van der Waals surface area contributed by atoms with Gasteiger partial charge >= 0.3 is 0 Å². The van der Waals surface area contributed by atoms with Gasteiger partial charge in [0.2, 0.25) is 5.65 Å².